The van der Waals surface area contributed by atoms with Crippen LogP contribution in [0.3, 0.4) is 0 Å². The molecule has 3 amide bonds. The number of rotatable bonds is 54. The Morgan fingerprint density at radius 2 is 0.790 bits per heavy atom. The van der Waals surface area contributed by atoms with Crippen LogP contribution in [0.5, 0.6) is 5.75 Å². The SMILES string of the molecule is COCCOCCOCCOCCOCCOCCC(=O)NCCCCC(NC(=O)OC(C)(C)C)C(=O)NCCOCCOCCOCCOc1cc(CN(Cc2cccc(C(=O)O)n2)Cc2cccc(C(=O)O)n2)nc(CN(Cc2cccc(C(=O)O)n2)Cc2cccc(C(=O)O)n2)c1. The number of unbranched alkanes of at least 4 members (excludes halogenated alkanes) is 1. The van der Waals surface area contributed by atoms with E-state index in [0.717, 1.165) is 0 Å². The first kappa shape index (κ1) is 81.9. The molecule has 0 aromatic carbocycles. The minimum Gasteiger partial charge on any atom is -0.491 e. The smallest absolute Gasteiger partial charge is 0.408 e. The van der Waals surface area contributed by atoms with E-state index < -0.39 is 47.5 Å². The van der Waals surface area contributed by atoms with E-state index in [4.69, 9.17) is 57.1 Å². The van der Waals surface area contributed by atoms with Crippen LogP contribution in [-0.2, 0) is 96.2 Å². The van der Waals surface area contributed by atoms with Crippen LogP contribution in [0.1, 0.15) is 123 Å². The van der Waals surface area contributed by atoms with Crippen molar-refractivity contribution in [2.24, 2.45) is 0 Å². The summed E-state index contributed by atoms with van der Waals surface area (Å²) >= 11 is 0. The van der Waals surface area contributed by atoms with E-state index in [2.05, 4.69) is 35.9 Å². The van der Waals surface area contributed by atoms with Crippen molar-refractivity contribution >= 4 is 41.8 Å². The van der Waals surface area contributed by atoms with E-state index in [1.54, 1.807) is 88.5 Å². The third kappa shape index (κ3) is 35.8. The number of carbonyl (C=O) groups is 7. The average Bonchev–Trinajstić information content (AvgIpc) is 0.831. The number of hydrogen-bond acceptors (Lipinski definition) is 25. The molecule has 5 aromatic heterocycles. The summed E-state index contributed by atoms with van der Waals surface area (Å²) in [4.78, 5) is 112. The number of amides is 3. The summed E-state index contributed by atoms with van der Waals surface area (Å²) in [6, 6.07) is 20.9. The van der Waals surface area contributed by atoms with Gasteiger partial charge in [-0.15, -0.1) is 0 Å². The van der Waals surface area contributed by atoms with Crippen molar-refractivity contribution < 1.29 is 106 Å². The minimum absolute atomic E-state index is 0.0760. The Kier molecular flexibility index (Phi) is 38.7. The molecule has 0 aliphatic rings. The molecular formula is C68H94N10O22. The maximum absolute atomic E-state index is 13.3. The van der Waals surface area contributed by atoms with Crippen molar-refractivity contribution in [3.63, 3.8) is 0 Å². The molecule has 5 aromatic rings. The summed E-state index contributed by atoms with van der Waals surface area (Å²) < 4.78 is 61.0. The van der Waals surface area contributed by atoms with Crippen LogP contribution in [0.2, 0.25) is 0 Å². The molecule has 32 nitrogen and oxygen atoms in total. The molecule has 1 atom stereocenters. The van der Waals surface area contributed by atoms with Gasteiger partial charge in [-0.2, -0.15) is 0 Å². The first-order chi connectivity index (χ1) is 48.2. The molecule has 0 spiro atoms. The fourth-order valence-electron chi connectivity index (χ4n) is 9.25. The Morgan fingerprint density at radius 1 is 0.430 bits per heavy atom. The highest BCUT2D eigenvalue weighted by molar-refractivity contribution is 5.87. The summed E-state index contributed by atoms with van der Waals surface area (Å²) in [5.74, 6) is -5.12. The standard InChI is InChI=1S/C68H94N10O22/c1-68(2,3)100-67(89)76-56(15-5-6-21-69-61(79)20-23-91-27-29-94-33-34-97-36-35-96-32-31-93-26-25-90-4)62(80)70-22-24-92-28-30-95-37-38-98-39-40-99-55-41-53(47-77(43-49-11-7-16-57(72-49)63(81)82)44-50-12-8-17-58(73-50)64(83)84)71-54(42-55)48-78(45-51-13-9-18-59(74-51)65(85)86)46-52-14-10-19-60(75-52)66(87)88/h7-14,16-19,41-42,56H,5-6,15,20-40,43-48H2,1-4H3,(H,69,79)(H,70,80)(H,76,89)(H,81,82)(H,83,84)(H,85,86)(H,87,88). The Balaban J connectivity index is 1.07. The number of aromatic nitrogens is 5. The van der Waals surface area contributed by atoms with E-state index in [-0.39, 0.29) is 140 Å². The topological polar surface area (TPSA) is 409 Å². The molecule has 0 saturated heterocycles. The van der Waals surface area contributed by atoms with Gasteiger partial charge >= 0.3 is 30.0 Å². The van der Waals surface area contributed by atoms with E-state index >= 15 is 0 Å². The fourth-order valence-corrected chi connectivity index (χ4v) is 9.25. The zero-order valence-electron chi connectivity index (χ0n) is 57.1. The second-order valence-corrected chi connectivity index (χ2v) is 23.2. The predicted octanol–water partition coefficient (Wildman–Crippen LogP) is 4.70. The minimum atomic E-state index is -1.22. The molecule has 0 aliphatic heterocycles. The van der Waals surface area contributed by atoms with Gasteiger partial charge in [-0.1, -0.05) is 24.3 Å². The highest BCUT2D eigenvalue weighted by Crippen LogP contribution is 2.22. The van der Waals surface area contributed by atoms with E-state index in [1.807, 2.05) is 9.80 Å². The van der Waals surface area contributed by atoms with E-state index in [1.165, 1.54) is 24.3 Å². The molecular weight excluding hydrogens is 1310 g/mol. The lowest BCUT2D eigenvalue weighted by Crippen LogP contribution is -2.48. The van der Waals surface area contributed by atoms with Crippen molar-refractivity contribution in [2.75, 3.05) is 139 Å². The van der Waals surface area contributed by atoms with Gasteiger partial charge in [0.2, 0.25) is 11.8 Å². The van der Waals surface area contributed by atoms with Gasteiger partial charge in [0.25, 0.3) is 0 Å². The van der Waals surface area contributed by atoms with Crippen LogP contribution in [0.4, 0.5) is 4.79 Å². The number of nitrogens with zero attached hydrogens (tertiary/aromatic N) is 7. The summed E-state index contributed by atoms with van der Waals surface area (Å²) in [7, 11) is 1.62. The van der Waals surface area contributed by atoms with Gasteiger partial charge in [-0.25, -0.2) is 43.9 Å². The maximum Gasteiger partial charge on any atom is 0.408 e. The van der Waals surface area contributed by atoms with E-state index in [9.17, 15) is 54.0 Å². The van der Waals surface area contributed by atoms with Gasteiger partial charge in [0.1, 0.15) is 46.8 Å². The predicted molar refractivity (Wildman–Crippen MR) is 356 cm³/mol. The van der Waals surface area contributed by atoms with E-state index in [0.29, 0.717) is 125 Å². The molecule has 5 rings (SSSR count). The molecule has 0 fully saturated rings. The number of alkyl carbamates (subject to hydrolysis) is 1. The first-order valence-electron chi connectivity index (χ1n) is 32.7. The highest BCUT2D eigenvalue weighted by Gasteiger charge is 2.25. The largest absolute Gasteiger partial charge is 0.491 e. The Labute approximate surface area is 580 Å². The van der Waals surface area contributed by atoms with Crippen LogP contribution in [0, 0.1) is 0 Å². The molecule has 0 saturated carbocycles. The van der Waals surface area contributed by atoms with Crippen LogP contribution >= 0.6 is 0 Å². The van der Waals surface area contributed by atoms with Crippen molar-refractivity contribution in [3.05, 3.63) is 142 Å². The molecule has 0 radical (unpaired) electrons. The maximum atomic E-state index is 13.3. The zero-order valence-corrected chi connectivity index (χ0v) is 57.1. The summed E-state index contributed by atoms with van der Waals surface area (Å²) in [5.41, 5.74) is 1.02. The third-order valence-corrected chi connectivity index (χ3v) is 13.8. The van der Waals surface area contributed by atoms with Crippen molar-refractivity contribution in [1.29, 1.82) is 0 Å². The van der Waals surface area contributed by atoms with Crippen molar-refractivity contribution in [2.45, 2.75) is 97.4 Å². The van der Waals surface area contributed by atoms with Crippen molar-refractivity contribution in [1.82, 2.24) is 50.7 Å². The number of aromatic carboxylic acids is 4. The van der Waals surface area contributed by atoms with Gasteiger partial charge < -0.3 is 88.5 Å². The number of carboxylic acid groups (broad SMARTS) is 4. The molecule has 1 unspecified atom stereocenters. The van der Waals surface area contributed by atoms with Gasteiger partial charge in [0.05, 0.1) is 146 Å². The highest BCUT2D eigenvalue weighted by atomic mass is 16.6. The molecule has 0 aliphatic carbocycles. The Hall–Kier alpha value is -8.80. The fraction of sp³-hybridized carbons (Fsp3) is 0.529. The lowest BCUT2D eigenvalue weighted by atomic mass is 10.1. The lowest BCUT2D eigenvalue weighted by molar-refractivity contribution is -0.124. The van der Waals surface area contributed by atoms with Gasteiger partial charge in [-0.05, 0) is 88.6 Å². The number of carbonyl (C=O) groups excluding carboxylic acids is 3. The molecule has 548 valence electrons. The second-order valence-electron chi connectivity index (χ2n) is 23.2. The first-order valence-corrected chi connectivity index (χ1v) is 32.7. The number of pyridine rings is 5. The Morgan fingerprint density at radius 3 is 1.17 bits per heavy atom. The normalized spacial score (nSPS) is 11.7. The summed E-state index contributed by atoms with van der Waals surface area (Å²) in [5, 5.41) is 47.2. The second kappa shape index (κ2) is 47.3. The van der Waals surface area contributed by atoms with Crippen LogP contribution < -0.4 is 20.7 Å². The summed E-state index contributed by atoms with van der Waals surface area (Å²) in [6.45, 7) is 12.1. The Bertz CT molecular complexity index is 3030. The molecule has 0 bridgehead atoms. The lowest BCUT2D eigenvalue weighted by Gasteiger charge is -2.24. The van der Waals surface area contributed by atoms with Gasteiger partial charge in [0.15, 0.2) is 0 Å². The number of hydrogen-bond donors (Lipinski definition) is 7. The molecule has 5 heterocycles. The van der Waals surface area contributed by atoms with Crippen LogP contribution in [-0.4, -0.2) is 248 Å². The van der Waals surface area contributed by atoms with Crippen LogP contribution in [0.25, 0.3) is 0 Å². The van der Waals surface area contributed by atoms with Crippen molar-refractivity contribution in [3.8, 4) is 5.75 Å². The quantitative estimate of drug-likeness (QED) is 0.0259. The number of carboxylic acids is 4. The molecule has 7 N–H and O–H groups in total. The van der Waals surface area contributed by atoms with Gasteiger partial charge in [-0.3, -0.25) is 24.4 Å². The molecule has 32 heteroatoms. The number of ether oxygens (including phenoxy) is 11. The average molecular weight is 1400 g/mol. The number of methoxy groups -OCH3 is 1. The molecule has 100 heavy (non-hydrogen) atoms. The zero-order chi connectivity index (χ0) is 72.2. The number of nitrogens with one attached hydrogen (secondary N) is 3. The van der Waals surface area contributed by atoms with Gasteiger partial charge in [0, 0.05) is 78.0 Å². The van der Waals surface area contributed by atoms with Crippen LogP contribution in [0.15, 0.2) is 84.9 Å². The summed E-state index contributed by atoms with van der Waals surface area (Å²) in [6.07, 6.45) is 0.767. The third-order valence-electron chi connectivity index (χ3n) is 13.8. The monoisotopic (exact) mass is 1400 g/mol.